The summed E-state index contributed by atoms with van der Waals surface area (Å²) in [5.41, 5.74) is 6.21. The molecule has 1 aliphatic rings. The number of nitrogens with one attached hydrogen (secondary N) is 1. The normalized spacial score (nSPS) is 16.9. The highest BCUT2D eigenvalue weighted by molar-refractivity contribution is 5.98. The molecule has 0 saturated carbocycles. The van der Waals surface area contributed by atoms with Gasteiger partial charge in [-0.3, -0.25) is 4.90 Å². The van der Waals surface area contributed by atoms with Gasteiger partial charge in [0, 0.05) is 35.2 Å². The van der Waals surface area contributed by atoms with Gasteiger partial charge in [0.1, 0.15) is 0 Å². The molecule has 1 aromatic heterocycles. The van der Waals surface area contributed by atoms with Crippen LogP contribution in [0.3, 0.4) is 0 Å². The third-order valence-corrected chi connectivity index (χ3v) is 6.42. The minimum absolute atomic E-state index is 0.338. The Labute approximate surface area is 196 Å². The van der Waals surface area contributed by atoms with Gasteiger partial charge in [0.25, 0.3) is 0 Å². The van der Waals surface area contributed by atoms with Crippen molar-refractivity contribution in [3.05, 3.63) is 106 Å². The van der Waals surface area contributed by atoms with Crippen molar-refractivity contribution in [2.24, 2.45) is 15.4 Å². The van der Waals surface area contributed by atoms with Crippen LogP contribution < -0.4 is 0 Å². The largest absolute Gasteiger partial charge is 0.357 e. The van der Waals surface area contributed by atoms with E-state index in [4.69, 9.17) is 0 Å². The molecule has 0 aliphatic carbocycles. The van der Waals surface area contributed by atoms with Gasteiger partial charge in [-0.05, 0) is 53.5 Å². The van der Waals surface area contributed by atoms with Crippen LogP contribution >= 0.6 is 0 Å². The summed E-state index contributed by atoms with van der Waals surface area (Å²) in [5, 5.41) is 12.6. The van der Waals surface area contributed by atoms with E-state index >= 15 is 4.39 Å². The molecule has 1 N–H and O–H groups in total. The number of H-pyrrole nitrogens is 1. The zero-order valence-corrected chi connectivity index (χ0v) is 19.1. The molecule has 4 aromatic rings. The van der Waals surface area contributed by atoms with E-state index in [-0.39, 0.29) is 0 Å². The Balaban J connectivity index is 1.58. The van der Waals surface area contributed by atoms with Gasteiger partial charge in [-0.1, -0.05) is 48.5 Å². The summed E-state index contributed by atoms with van der Waals surface area (Å²) in [6.45, 7) is 3.18. The molecule has 0 saturated heterocycles. The average molecular weight is 458 g/mol. The molecule has 0 bridgehead atoms. The molecule has 7 heteroatoms. The summed E-state index contributed by atoms with van der Waals surface area (Å²) in [5.74, 6) is -1.63. The van der Waals surface area contributed by atoms with E-state index in [9.17, 15) is 4.39 Å². The van der Waals surface area contributed by atoms with Crippen molar-refractivity contribution in [2.75, 3.05) is 13.6 Å². The summed E-state index contributed by atoms with van der Waals surface area (Å²) in [6.07, 6.45) is 0.823. The lowest BCUT2D eigenvalue weighted by molar-refractivity contribution is 0.197. The molecule has 0 spiro atoms. The van der Waals surface area contributed by atoms with E-state index in [2.05, 4.69) is 37.5 Å². The van der Waals surface area contributed by atoms with Crippen LogP contribution in [0.15, 0.2) is 82.2 Å². The highest BCUT2D eigenvalue weighted by atomic mass is 19.2. The van der Waals surface area contributed by atoms with Gasteiger partial charge in [0.15, 0.2) is 11.6 Å². The number of fused-ring (bicyclic) bond motifs is 3. The second kappa shape index (κ2) is 9.27. The molecule has 0 radical (unpaired) electrons. The molecule has 1 unspecified atom stereocenters. The molecule has 1 atom stereocenters. The van der Waals surface area contributed by atoms with Crippen molar-refractivity contribution >= 4 is 16.6 Å². The summed E-state index contributed by atoms with van der Waals surface area (Å²) in [6, 6.07) is 20.1. The fourth-order valence-electron chi connectivity index (χ4n) is 4.84. The van der Waals surface area contributed by atoms with Crippen LogP contribution in [0, 0.1) is 11.6 Å². The summed E-state index contributed by atoms with van der Waals surface area (Å²) in [4.78, 5) is 5.71. The molecule has 1 aliphatic heterocycles. The van der Waals surface area contributed by atoms with Crippen molar-refractivity contribution < 1.29 is 8.78 Å². The van der Waals surface area contributed by atoms with Gasteiger partial charge in [0.2, 0.25) is 0 Å². The Hall–Kier alpha value is -3.71. The summed E-state index contributed by atoms with van der Waals surface area (Å²) in [7, 11) is 1.58. The molecular weight excluding hydrogens is 432 g/mol. The number of benzene rings is 3. The zero-order chi connectivity index (χ0) is 23.7. The standard InChI is InChI=1S/C27H25F2N5/c1-17(32-33-30-2)19-8-5-7-18(15-19)16-34-14-13-21-20-9-3-4-12-24(20)31-26(21)27(34)22-10-6-11-23(28)25(22)29/h3-12,15,27,31H,13-14,16H2,1-2H3/b32-17+,33-30?. The summed E-state index contributed by atoms with van der Waals surface area (Å²) >= 11 is 0. The smallest absolute Gasteiger partial charge is 0.163 e. The molecule has 172 valence electrons. The Morgan fingerprint density at radius 3 is 2.74 bits per heavy atom. The lowest BCUT2D eigenvalue weighted by Gasteiger charge is -2.36. The fourth-order valence-corrected chi connectivity index (χ4v) is 4.84. The van der Waals surface area contributed by atoms with Gasteiger partial charge in [-0.2, -0.15) is 5.11 Å². The number of hydrogen-bond donors (Lipinski definition) is 1. The molecule has 2 heterocycles. The predicted octanol–water partition coefficient (Wildman–Crippen LogP) is 6.40. The van der Waals surface area contributed by atoms with Crippen molar-refractivity contribution in [3.63, 3.8) is 0 Å². The third-order valence-electron chi connectivity index (χ3n) is 6.42. The topological polar surface area (TPSA) is 56.1 Å². The molecule has 34 heavy (non-hydrogen) atoms. The Bertz CT molecular complexity index is 1410. The lowest BCUT2D eigenvalue weighted by Crippen LogP contribution is -2.36. The van der Waals surface area contributed by atoms with E-state index in [0.717, 1.165) is 52.5 Å². The van der Waals surface area contributed by atoms with Crippen LogP contribution in [-0.4, -0.2) is 29.2 Å². The molecule has 5 rings (SSSR count). The molecule has 5 nitrogen and oxygen atoms in total. The number of halogens is 2. The number of aromatic amines is 1. The maximum Gasteiger partial charge on any atom is 0.163 e. The maximum atomic E-state index is 15.1. The van der Waals surface area contributed by atoms with Crippen LogP contribution in [0.25, 0.3) is 10.9 Å². The maximum absolute atomic E-state index is 15.1. The Morgan fingerprint density at radius 2 is 1.88 bits per heavy atom. The Kier molecular flexibility index (Phi) is 6.02. The first-order valence-corrected chi connectivity index (χ1v) is 11.3. The van der Waals surface area contributed by atoms with Gasteiger partial charge in [-0.15, -0.1) is 5.10 Å². The highest BCUT2D eigenvalue weighted by Gasteiger charge is 2.34. The van der Waals surface area contributed by atoms with Crippen LogP contribution in [0.1, 0.15) is 40.9 Å². The quantitative estimate of drug-likeness (QED) is 0.210. The minimum Gasteiger partial charge on any atom is -0.357 e. The number of para-hydroxylation sites is 1. The van der Waals surface area contributed by atoms with E-state index in [1.807, 2.05) is 43.3 Å². The van der Waals surface area contributed by atoms with Crippen molar-refractivity contribution in [1.29, 1.82) is 0 Å². The molecular formula is C27H25F2N5. The SMILES string of the molecule is CN=N/N=C(\C)c1cccc(CN2CCc3c([nH]c4ccccc34)C2c2cccc(F)c2F)c1. The summed E-state index contributed by atoms with van der Waals surface area (Å²) < 4.78 is 29.4. The second-order valence-corrected chi connectivity index (χ2v) is 8.50. The monoisotopic (exact) mass is 457 g/mol. The van der Waals surface area contributed by atoms with Crippen molar-refractivity contribution in [3.8, 4) is 0 Å². The molecule has 0 amide bonds. The fraction of sp³-hybridized carbons (Fsp3) is 0.222. The van der Waals surface area contributed by atoms with E-state index in [1.54, 1.807) is 19.2 Å². The number of rotatable bonds is 5. The highest BCUT2D eigenvalue weighted by Crippen LogP contribution is 2.40. The third kappa shape index (κ3) is 4.03. The van der Waals surface area contributed by atoms with E-state index in [0.29, 0.717) is 12.1 Å². The second-order valence-electron chi connectivity index (χ2n) is 8.50. The molecule has 3 aromatic carbocycles. The lowest BCUT2D eigenvalue weighted by atomic mass is 9.91. The van der Waals surface area contributed by atoms with Crippen LogP contribution in [0.5, 0.6) is 0 Å². The van der Waals surface area contributed by atoms with Gasteiger partial charge < -0.3 is 4.98 Å². The van der Waals surface area contributed by atoms with Crippen LogP contribution in [-0.2, 0) is 13.0 Å². The molecule has 0 fully saturated rings. The first-order valence-electron chi connectivity index (χ1n) is 11.3. The van der Waals surface area contributed by atoms with Crippen molar-refractivity contribution in [1.82, 2.24) is 9.88 Å². The number of aromatic nitrogens is 1. The van der Waals surface area contributed by atoms with E-state index in [1.165, 1.54) is 5.56 Å². The number of hydrogen-bond acceptors (Lipinski definition) is 3. The van der Waals surface area contributed by atoms with Gasteiger partial charge >= 0.3 is 0 Å². The van der Waals surface area contributed by atoms with Crippen LogP contribution in [0.4, 0.5) is 8.78 Å². The van der Waals surface area contributed by atoms with Gasteiger partial charge in [-0.25, -0.2) is 8.78 Å². The minimum atomic E-state index is -0.834. The van der Waals surface area contributed by atoms with Gasteiger partial charge in [0.05, 0.1) is 18.8 Å². The Morgan fingerprint density at radius 1 is 1.06 bits per heavy atom. The van der Waals surface area contributed by atoms with Crippen LogP contribution in [0.2, 0.25) is 0 Å². The zero-order valence-electron chi connectivity index (χ0n) is 19.1. The first-order chi connectivity index (χ1) is 16.6. The first kappa shape index (κ1) is 22.1. The van der Waals surface area contributed by atoms with E-state index < -0.39 is 17.7 Å². The average Bonchev–Trinajstić information content (AvgIpc) is 3.23. The van der Waals surface area contributed by atoms with Crippen molar-refractivity contribution in [2.45, 2.75) is 25.9 Å². The predicted molar refractivity (Wildman–Crippen MR) is 130 cm³/mol. The number of nitrogens with zero attached hydrogens (tertiary/aromatic N) is 4.